The van der Waals surface area contributed by atoms with Gasteiger partial charge >= 0.3 is 0 Å². The molecule has 68 valence electrons. The molecule has 1 aliphatic heterocycles. The molecule has 1 atom stereocenters. The van der Waals surface area contributed by atoms with Crippen molar-refractivity contribution in [3.63, 3.8) is 0 Å². The first-order valence-corrected chi connectivity index (χ1v) is 3.94. The molecule has 0 fully saturated rings. The summed E-state index contributed by atoms with van der Waals surface area (Å²) in [7, 11) is 0. The number of hydrogen-bond donors (Lipinski definition) is 2. The number of nitrogens with one attached hydrogen (secondary N) is 1. The second-order valence-corrected chi connectivity index (χ2v) is 2.69. The fraction of sp³-hybridized carbons (Fsp3) is 0.250. The molecular formula is C8H9N3O2. The van der Waals surface area contributed by atoms with Crippen molar-refractivity contribution in [2.45, 2.75) is 6.10 Å². The summed E-state index contributed by atoms with van der Waals surface area (Å²) < 4.78 is 5.25. The number of nitrogens with zero attached hydrogens (tertiary/aromatic N) is 1. The third-order valence-electron chi connectivity index (χ3n) is 1.79. The summed E-state index contributed by atoms with van der Waals surface area (Å²) in [5.41, 5.74) is 5.93. The van der Waals surface area contributed by atoms with Gasteiger partial charge in [-0.3, -0.25) is 4.79 Å². The smallest absolute Gasteiger partial charge is 0.267 e. The molecule has 0 spiro atoms. The topological polar surface area (TPSA) is 77.2 Å². The second-order valence-electron chi connectivity index (χ2n) is 2.69. The standard InChI is InChI=1S/C8H9N3O2/c9-4-6-7(12)11-5-2-1-3-10-8(5)13-6/h1-3,6H,4,9H2,(H,11,12). The summed E-state index contributed by atoms with van der Waals surface area (Å²) in [4.78, 5) is 15.2. The summed E-state index contributed by atoms with van der Waals surface area (Å²) in [5, 5.41) is 2.65. The Labute approximate surface area is 74.9 Å². The molecule has 0 saturated carbocycles. The molecular weight excluding hydrogens is 170 g/mol. The van der Waals surface area contributed by atoms with E-state index >= 15 is 0 Å². The van der Waals surface area contributed by atoms with E-state index < -0.39 is 6.10 Å². The molecule has 1 aromatic heterocycles. The minimum Gasteiger partial charge on any atom is -0.461 e. The summed E-state index contributed by atoms with van der Waals surface area (Å²) in [6.07, 6.45) is 0.978. The number of amides is 1. The summed E-state index contributed by atoms with van der Waals surface area (Å²) in [6.45, 7) is 0.155. The number of aromatic nitrogens is 1. The molecule has 0 aromatic carbocycles. The quantitative estimate of drug-likeness (QED) is 0.622. The fourth-order valence-corrected chi connectivity index (χ4v) is 1.14. The van der Waals surface area contributed by atoms with Gasteiger partial charge in [0.25, 0.3) is 5.91 Å². The van der Waals surface area contributed by atoms with E-state index in [4.69, 9.17) is 10.5 Å². The zero-order valence-electron chi connectivity index (χ0n) is 6.86. The Kier molecular flexibility index (Phi) is 1.86. The van der Waals surface area contributed by atoms with Gasteiger partial charge in [-0.15, -0.1) is 0 Å². The van der Waals surface area contributed by atoms with Gasteiger partial charge in [0.15, 0.2) is 6.10 Å². The number of hydrogen-bond acceptors (Lipinski definition) is 4. The lowest BCUT2D eigenvalue weighted by Crippen LogP contribution is -2.42. The lowest BCUT2D eigenvalue weighted by atomic mass is 10.2. The Hall–Kier alpha value is -1.62. The average molecular weight is 179 g/mol. The molecule has 0 radical (unpaired) electrons. The van der Waals surface area contributed by atoms with E-state index in [1.54, 1.807) is 18.3 Å². The molecule has 1 amide bonds. The number of pyridine rings is 1. The third kappa shape index (κ3) is 1.33. The van der Waals surface area contributed by atoms with Crippen LogP contribution in [0.15, 0.2) is 18.3 Å². The molecule has 3 N–H and O–H groups in total. The molecule has 2 heterocycles. The van der Waals surface area contributed by atoms with E-state index in [0.29, 0.717) is 11.6 Å². The molecule has 5 heteroatoms. The van der Waals surface area contributed by atoms with Gasteiger partial charge in [-0.05, 0) is 12.1 Å². The number of fused-ring (bicyclic) bond motifs is 1. The zero-order chi connectivity index (χ0) is 9.26. The highest BCUT2D eigenvalue weighted by molar-refractivity contribution is 5.97. The van der Waals surface area contributed by atoms with Gasteiger partial charge < -0.3 is 15.8 Å². The van der Waals surface area contributed by atoms with Gasteiger partial charge in [0.05, 0.1) is 0 Å². The highest BCUT2D eigenvalue weighted by Gasteiger charge is 2.26. The molecule has 0 aliphatic carbocycles. The average Bonchev–Trinajstić information content (AvgIpc) is 2.17. The molecule has 2 rings (SSSR count). The number of ether oxygens (including phenoxy) is 1. The molecule has 13 heavy (non-hydrogen) atoms. The van der Waals surface area contributed by atoms with E-state index in [-0.39, 0.29) is 12.5 Å². The Morgan fingerprint density at radius 1 is 1.69 bits per heavy atom. The van der Waals surface area contributed by atoms with Crippen molar-refractivity contribution in [1.82, 2.24) is 4.98 Å². The van der Waals surface area contributed by atoms with Crippen LogP contribution < -0.4 is 15.8 Å². The number of anilines is 1. The lowest BCUT2D eigenvalue weighted by molar-refractivity contribution is -0.123. The van der Waals surface area contributed by atoms with Crippen molar-refractivity contribution in [3.05, 3.63) is 18.3 Å². The summed E-state index contributed by atoms with van der Waals surface area (Å²) >= 11 is 0. The van der Waals surface area contributed by atoms with Crippen molar-refractivity contribution in [3.8, 4) is 5.88 Å². The monoisotopic (exact) mass is 179 g/mol. The molecule has 1 aromatic rings. The van der Waals surface area contributed by atoms with Crippen LogP contribution in [-0.2, 0) is 4.79 Å². The zero-order valence-corrected chi connectivity index (χ0v) is 6.86. The van der Waals surface area contributed by atoms with Gasteiger partial charge in [-0.25, -0.2) is 4.98 Å². The van der Waals surface area contributed by atoms with E-state index in [9.17, 15) is 4.79 Å². The first-order chi connectivity index (χ1) is 6.31. The minimum atomic E-state index is -0.623. The highest BCUT2D eigenvalue weighted by atomic mass is 16.5. The Morgan fingerprint density at radius 3 is 3.31 bits per heavy atom. The minimum absolute atomic E-state index is 0.155. The van der Waals surface area contributed by atoms with Gasteiger partial charge in [0.2, 0.25) is 5.88 Å². The maximum absolute atomic E-state index is 11.2. The maximum Gasteiger partial charge on any atom is 0.267 e. The van der Waals surface area contributed by atoms with Crippen LogP contribution in [0.4, 0.5) is 5.69 Å². The van der Waals surface area contributed by atoms with E-state index in [1.165, 1.54) is 0 Å². The number of carbonyl (C=O) groups is 1. The van der Waals surface area contributed by atoms with Gasteiger partial charge in [0.1, 0.15) is 5.69 Å². The van der Waals surface area contributed by atoms with Crippen LogP contribution >= 0.6 is 0 Å². The van der Waals surface area contributed by atoms with Crippen LogP contribution in [0.2, 0.25) is 0 Å². The molecule has 0 saturated heterocycles. The van der Waals surface area contributed by atoms with Crippen LogP contribution in [0.1, 0.15) is 0 Å². The third-order valence-corrected chi connectivity index (χ3v) is 1.79. The SMILES string of the molecule is NCC1Oc2ncccc2NC1=O. The van der Waals surface area contributed by atoms with Gasteiger partial charge in [0, 0.05) is 12.7 Å². The first-order valence-electron chi connectivity index (χ1n) is 3.94. The normalized spacial score (nSPS) is 20.1. The Balaban J connectivity index is 2.33. The molecule has 1 aliphatic rings. The van der Waals surface area contributed by atoms with Crippen molar-refractivity contribution in [1.29, 1.82) is 0 Å². The largest absolute Gasteiger partial charge is 0.461 e. The molecule has 0 bridgehead atoms. The summed E-state index contributed by atoms with van der Waals surface area (Å²) in [5.74, 6) is 0.209. The second kappa shape index (κ2) is 3.02. The van der Waals surface area contributed by atoms with Crippen molar-refractivity contribution in [2.75, 3.05) is 11.9 Å². The van der Waals surface area contributed by atoms with Crippen molar-refractivity contribution < 1.29 is 9.53 Å². The predicted molar refractivity (Wildman–Crippen MR) is 46.3 cm³/mol. The number of rotatable bonds is 1. The van der Waals surface area contributed by atoms with Crippen LogP contribution in [0, 0.1) is 0 Å². The highest BCUT2D eigenvalue weighted by Crippen LogP contribution is 2.25. The van der Waals surface area contributed by atoms with Crippen molar-refractivity contribution >= 4 is 11.6 Å². The fourth-order valence-electron chi connectivity index (χ4n) is 1.14. The first kappa shape index (κ1) is 8.00. The molecule has 1 unspecified atom stereocenters. The van der Waals surface area contributed by atoms with Gasteiger partial charge in [-0.1, -0.05) is 0 Å². The lowest BCUT2D eigenvalue weighted by Gasteiger charge is -2.23. The van der Waals surface area contributed by atoms with E-state index in [2.05, 4.69) is 10.3 Å². The van der Waals surface area contributed by atoms with Crippen LogP contribution in [0.3, 0.4) is 0 Å². The maximum atomic E-state index is 11.2. The number of nitrogens with two attached hydrogens (primary N) is 1. The summed E-state index contributed by atoms with van der Waals surface area (Å²) in [6, 6.07) is 3.46. The van der Waals surface area contributed by atoms with Crippen LogP contribution in [-0.4, -0.2) is 23.5 Å². The Bertz CT molecular complexity index is 340. The van der Waals surface area contributed by atoms with Crippen molar-refractivity contribution in [2.24, 2.45) is 5.73 Å². The van der Waals surface area contributed by atoms with Crippen LogP contribution in [0.25, 0.3) is 0 Å². The van der Waals surface area contributed by atoms with E-state index in [1.807, 2.05) is 0 Å². The predicted octanol–water partition coefficient (Wildman–Crippen LogP) is -0.260. The van der Waals surface area contributed by atoms with Gasteiger partial charge in [-0.2, -0.15) is 0 Å². The van der Waals surface area contributed by atoms with Crippen LogP contribution in [0.5, 0.6) is 5.88 Å². The molecule has 5 nitrogen and oxygen atoms in total. The Morgan fingerprint density at radius 2 is 2.54 bits per heavy atom. The number of carbonyl (C=O) groups excluding carboxylic acids is 1. The van der Waals surface area contributed by atoms with E-state index in [0.717, 1.165) is 0 Å².